The molecule has 3 aromatic rings. The van der Waals surface area contributed by atoms with Gasteiger partial charge in [0.15, 0.2) is 11.5 Å². The monoisotopic (exact) mass is 423 g/mol. The summed E-state index contributed by atoms with van der Waals surface area (Å²) in [7, 11) is 3.12. The lowest BCUT2D eigenvalue weighted by atomic mass is 9.90. The van der Waals surface area contributed by atoms with Crippen molar-refractivity contribution in [3.8, 4) is 17.4 Å². The second kappa shape index (κ2) is 8.69. The number of hydrogen-bond acceptors (Lipinski definition) is 6. The van der Waals surface area contributed by atoms with E-state index in [1.807, 2.05) is 36.4 Å². The number of benzene rings is 2. The molecule has 0 fully saturated rings. The van der Waals surface area contributed by atoms with Gasteiger partial charge < -0.3 is 19.9 Å². The van der Waals surface area contributed by atoms with Crippen LogP contribution in [0.25, 0.3) is 0 Å². The fraction of sp³-hybridized carbons (Fsp3) is 0.304. The summed E-state index contributed by atoms with van der Waals surface area (Å²) in [5, 5.41) is 14.2. The van der Waals surface area contributed by atoms with Crippen molar-refractivity contribution >= 4 is 0 Å². The van der Waals surface area contributed by atoms with Gasteiger partial charge >= 0.3 is 5.69 Å². The highest BCUT2D eigenvalue weighted by Gasteiger charge is 2.28. The molecule has 0 spiro atoms. The Morgan fingerprint density at radius 3 is 2.65 bits per heavy atom. The zero-order chi connectivity index (χ0) is 22.0. The lowest BCUT2D eigenvalue weighted by Crippen LogP contribution is -2.39. The predicted molar refractivity (Wildman–Crippen MR) is 116 cm³/mol. The van der Waals surface area contributed by atoms with Crippen LogP contribution in [0, 0.1) is 0 Å². The van der Waals surface area contributed by atoms with Crippen molar-refractivity contribution in [2.45, 2.75) is 25.4 Å². The molecule has 4 rings (SSSR count). The van der Waals surface area contributed by atoms with Gasteiger partial charge in [0.05, 0.1) is 25.8 Å². The molecule has 0 saturated carbocycles. The molecule has 1 unspecified atom stereocenters. The fourth-order valence-electron chi connectivity index (χ4n) is 4.08. The molecule has 1 aromatic heterocycles. The Bertz CT molecular complexity index is 1210. The average Bonchev–Trinajstić information content (AvgIpc) is 2.78. The van der Waals surface area contributed by atoms with E-state index in [9.17, 15) is 14.7 Å². The Morgan fingerprint density at radius 2 is 1.87 bits per heavy atom. The second-order valence-electron chi connectivity index (χ2n) is 7.42. The predicted octanol–water partition coefficient (Wildman–Crippen LogP) is 1.74. The van der Waals surface area contributed by atoms with Crippen molar-refractivity contribution in [1.82, 2.24) is 14.9 Å². The van der Waals surface area contributed by atoms with Gasteiger partial charge in [-0.15, -0.1) is 0 Å². The molecule has 31 heavy (non-hydrogen) atoms. The standard InChI is InChI=1S/C23H25N3O5/c1-30-17-8-7-14(13-18(17)31-2)10-12-26-22(28)19(21(27)25-23(26)29)20-16-6-4-3-5-15(16)9-11-24-20/h3-8,13,20,24,28H,9-12H2,1-2H3,(H,25,27,29). The molecule has 8 heteroatoms. The lowest BCUT2D eigenvalue weighted by Gasteiger charge is -2.27. The summed E-state index contributed by atoms with van der Waals surface area (Å²) in [5.41, 5.74) is 1.87. The molecule has 162 valence electrons. The third kappa shape index (κ3) is 3.94. The van der Waals surface area contributed by atoms with E-state index in [1.54, 1.807) is 20.3 Å². The van der Waals surface area contributed by atoms with Crippen LogP contribution in [0.2, 0.25) is 0 Å². The maximum absolute atomic E-state index is 12.7. The Kier molecular flexibility index (Phi) is 5.81. The number of aryl methyl sites for hydroxylation is 1. The van der Waals surface area contributed by atoms with E-state index in [4.69, 9.17) is 9.47 Å². The molecule has 0 amide bonds. The van der Waals surface area contributed by atoms with Crippen LogP contribution >= 0.6 is 0 Å². The summed E-state index contributed by atoms with van der Waals surface area (Å²) in [6.07, 6.45) is 1.29. The van der Waals surface area contributed by atoms with Gasteiger partial charge in [-0.25, -0.2) is 4.79 Å². The first-order valence-electron chi connectivity index (χ1n) is 10.1. The van der Waals surface area contributed by atoms with Crippen LogP contribution in [-0.4, -0.2) is 35.4 Å². The van der Waals surface area contributed by atoms with Gasteiger partial charge in [-0.1, -0.05) is 30.3 Å². The highest BCUT2D eigenvalue weighted by molar-refractivity contribution is 5.43. The molecular formula is C23H25N3O5. The SMILES string of the molecule is COc1ccc(CCn2c(O)c(C3NCCc4ccccc43)c(=O)[nH]c2=O)cc1OC. The van der Waals surface area contributed by atoms with Crippen molar-refractivity contribution in [2.75, 3.05) is 20.8 Å². The number of aromatic nitrogens is 2. The third-order valence-electron chi connectivity index (χ3n) is 5.68. The molecule has 0 aliphatic carbocycles. The normalized spacial score (nSPS) is 15.4. The maximum atomic E-state index is 12.7. The number of H-pyrrole nitrogens is 1. The van der Waals surface area contributed by atoms with E-state index in [0.717, 1.165) is 23.1 Å². The van der Waals surface area contributed by atoms with Crippen LogP contribution in [-0.2, 0) is 19.4 Å². The minimum Gasteiger partial charge on any atom is -0.494 e. The number of rotatable bonds is 6. The van der Waals surface area contributed by atoms with Crippen LogP contribution in [0.1, 0.15) is 28.3 Å². The van der Waals surface area contributed by atoms with Crippen LogP contribution in [0.5, 0.6) is 17.4 Å². The van der Waals surface area contributed by atoms with Gasteiger partial charge in [-0.05, 0) is 41.7 Å². The zero-order valence-electron chi connectivity index (χ0n) is 17.5. The Labute approximate surface area is 179 Å². The van der Waals surface area contributed by atoms with Crippen molar-refractivity contribution in [1.29, 1.82) is 0 Å². The van der Waals surface area contributed by atoms with Crippen molar-refractivity contribution in [3.63, 3.8) is 0 Å². The Morgan fingerprint density at radius 1 is 1.10 bits per heavy atom. The summed E-state index contributed by atoms with van der Waals surface area (Å²) >= 11 is 0. The molecule has 0 saturated heterocycles. The molecule has 1 aliphatic rings. The maximum Gasteiger partial charge on any atom is 0.331 e. The Balaban J connectivity index is 1.68. The minimum atomic E-state index is -0.643. The topological polar surface area (TPSA) is 106 Å². The fourth-order valence-corrected chi connectivity index (χ4v) is 4.08. The summed E-state index contributed by atoms with van der Waals surface area (Å²) < 4.78 is 11.8. The Hall–Kier alpha value is -3.52. The first-order chi connectivity index (χ1) is 15.0. The molecule has 0 bridgehead atoms. The second-order valence-corrected chi connectivity index (χ2v) is 7.42. The van der Waals surface area contributed by atoms with E-state index in [1.165, 1.54) is 4.57 Å². The van der Waals surface area contributed by atoms with Crippen molar-refractivity contribution < 1.29 is 14.6 Å². The van der Waals surface area contributed by atoms with E-state index in [0.29, 0.717) is 24.5 Å². The minimum absolute atomic E-state index is 0.152. The lowest BCUT2D eigenvalue weighted by molar-refractivity contribution is 0.354. The van der Waals surface area contributed by atoms with Gasteiger partial charge in [-0.3, -0.25) is 14.3 Å². The number of ether oxygens (including phenoxy) is 2. The number of nitrogens with one attached hydrogen (secondary N) is 2. The molecule has 2 heterocycles. The van der Waals surface area contributed by atoms with Gasteiger partial charge in [-0.2, -0.15) is 0 Å². The van der Waals surface area contributed by atoms with Crippen LogP contribution in [0.4, 0.5) is 0 Å². The number of nitrogens with zero attached hydrogens (tertiary/aromatic N) is 1. The molecular weight excluding hydrogens is 398 g/mol. The van der Waals surface area contributed by atoms with Gasteiger partial charge in [0, 0.05) is 13.1 Å². The van der Waals surface area contributed by atoms with Gasteiger partial charge in [0.25, 0.3) is 5.56 Å². The van der Waals surface area contributed by atoms with Crippen LogP contribution in [0.15, 0.2) is 52.1 Å². The highest BCUT2D eigenvalue weighted by Crippen LogP contribution is 2.31. The molecule has 1 atom stereocenters. The summed E-state index contributed by atoms with van der Waals surface area (Å²) in [4.78, 5) is 27.5. The molecule has 1 aliphatic heterocycles. The zero-order valence-corrected chi connectivity index (χ0v) is 17.5. The quantitative estimate of drug-likeness (QED) is 0.558. The smallest absolute Gasteiger partial charge is 0.331 e. The first kappa shape index (κ1) is 20.7. The summed E-state index contributed by atoms with van der Waals surface area (Å²) in [6, 6.07) is 12.8. The first-order valence-corrected chi connectivity index (χ1v) is 10.1. The van der Waals surface area contributed by atoms with Crippen LogP contribution in [0.3, 0.4) is 0 Å². The average molecular weight is 423 g/mol. The summed E-state index contributed by atoms with van der Waals surface area (Å²) in [6.45, 7) is 0.865. The van der Waals surface area contributed by atoms with Gasteiger partial charge in [0.2, 0.25) is 5.88 Å². The van der Waals surface area contributed by atoms with Gasteiger partial charge in [0.1, 0.15) is 0 Å². The van der Waals surface area contributed by atoms with Crippen molar-refractivity contribution in [2.24, 2.45) is 0 Å². The van der Waals surface area contributed by atoms with E-state index < -0.39 is 17.3 Å². The number of fused-ring (bicyclic) bond motifs is 1. The van der Waals surface area contributed by atoms with E-state index in [2.05, 4.69) is 10.3 Å². The van der Waals surface area contributed by atoms with E-state index in [-0.39, 0.29) is 18.0 Å². The number of methoxy groups -OCH3 is 2. The molecule has 3 N–H and O–H groups in total. The van der Waals surface area contributed by atoms with E-state index >= 15 is 0 Å². The molecule has 0 radical (unpaired) electrons. The number of hydrogen-bond donors (Lipinski definition) is 3. The van der Waals surface area contributed by atoms with Crippen molar-refractivity contribution in [3.05, 3.63) is 85.6 Å². The number of aromatic hydroxyl groups is 1. The number of aromatic amines is 1. The molecule has 8 nitrogen and oxygen atoms in total. The third-order valence-corrected chi connectivity index (χ3v) is 5.68. The molecule has 2 aromatic carbocycles. The highest BCUT2D eigenvalue weighted by atomic mass is 16.5. The summed E-state index contributed by atoms with van der Waals surface area (Å²) in [5.74, 6) is 0.879. The largest absolute Gasteiger partial charge is 0.494 e. The van der Waals surface area contributed by atoms with Crippen LogP contribution < -0.4 is 26.0 Å².